The van der Waals surface area contributed by atoms with Crippen molar-refractivity contribution in [2.24, 2.45) is 0 Å². The fourth-order valence-electron chi connectivity index (χ4n) is 6.60. The Balaban J connectivity index is 1.33. The van der Waals surface area contributed by atoms with E-state index in [1.54, 1.807) is 0 Å². The molecule has 3 heterocycles. The molecule has 0 unspecified atom stereocenters. The van der Waals surface area contributed by atoms with Crippen molar-refractivity contribution in [3.63, 3.8) is 0 Å². The zero-order chi connectivity index (χ0) is 26.4. The molecule has 0 aliphatic heterocycles. The predicted octanol–water partition coefficient (Wildman–Crippen LogP) is 10.1. The molecule has 0 aliphatic carbocycles. The average molecular weight is 513 g/mol. The summed E-state index contributed by atoms with van der Waals surface area (Å²) in [5.74, 6) is 0. The molecule has 0 saturated carbocycles. The fraction of sp³-hybridized carbons (Fsp3) is 0.0270. The van der Waals surface area contributed by atoms with E-state index in [0.717, 1.165) is 27.6 Å². The van der Waals surface area contributed by atoms with Crippen molar-refractivity contribution in [3.05, 3.63) is 133 Å². The van der Waals surface area contributed by atoms with Crippen LogP contribution in [0.4, 0.5) is 0 Å². The molecular weight excluding hydrogens is 488 g/mol. The number of aryl methyl sites for hydroxylation is 1. The van der Waals surface area contributed by atoms with Crippen LogP contribution in [0.25, 0.3) is 76.9 Å². The molecule has 0 spiro atoms. The van der Waals surface area contributed by atoms with Crippen LogP contribution in [0.2, 0.25) is 0 Å². The molecule has 3 nitrogen and oxygen atoms in total. The molecule has 40 heavy (non-hydrogen) atoms. The summed E-state index contributed by atoms with van der Waals surface area (Å²) in [4.78, 5) is 0. The maximum absolute atomic E-state index is 6.17. The van der Waals surface area contributed by atoms with Crippen LogP contribution in [0.5, 0.6) is 0 Å². The van der Waals surface area contributed by atoms with Gasteiger partial charge in [-0.25, -0.2) is 0 Å². The molecule has 6 aromatic carbocycles. The van der Waals surface area contributed by atoms with Crippen molar-refractivity contribution < 1.29 is 4.42 Å². The van der Waals surface area contributed by atoms with Gasteiger partial charge in [0, 0.05) is 43.7 Å². The Morgan fingerprint density at radius 3 is 1.48 bits per heavy atom. The van der Waals surface area contributed by atoms with Gasteiger partial charge in [0.25, 0.3) is 0 Å². The van der Waals surface area contributed by atoms with E-state index in [4.69, 9.17) is 4.42 Å². The van der Waals surface area contributed by atoms with Crippen molar-refractivity contribution in [2.45, 2.75) is 6.92 Å². The smallest absolute Gasteiger partial charge is 0.135 e. The fourth-order valence-corrected chi connectivity index (χ4v) is 6.60. The summed E-state index contributed by atoms with van der Waals surface area (Å²) in [6.45, 7) is 2.13. The molecular formula is C37H24N2O. The lowest BCUT2D eigenvalue weighted by atomic mass is 10.1. The first-order valence-corrected chi connectivity index (χ1v) is 13.7. The first-order chi connectivity index (χ1) is 19.7. The Kier molecular flexibility index (Phi) is 4.26. The number of benzene rings is 6. The Hall–Kier alpha value is -5.28. The van der Waals surface area contributed by atoms with E-state index in [-0.39, 0.29) is 0 Å². The van der Waals surface area contributed by atoms with E-state index in [2.05, 4.69) is 143 Å². The molecule has 0 fully saturated rings. The third-order valence-corrected chi connectivity index (χ3v) is 8.36. The van der Waals surface area contributed by atoms with E-state index >= 15 is 0 Å². The maximum atomic E-state index is 6.17. The molecule has 188 valence electrons. The minimum absolute atomic E-state index is 0.916. The van der Waals surface area contributed by atoms with Gasteiger partial charge in [-0.3, -0.25) is 0 Å². The van der Waals surface area contributed by atoms with Gasteiger partial charge >= 0.3 is 0 Å². The summed E-state index contributed by atoms with van der Waals surface area (Å²) < 4.78 is 10.9. The van der Waals surface area contributed by atoms with Gasteiger partial charge in [-0.15, -0.1) is 0 Å². The molecule has 0 amide bonds. The third-order valence-electron chi connectivity index (χ3n) is 8.36. The molecule has 9 rings (SSSR count). The summed E-state index contributed by atoms with van der Waals surface area (Å²) in [5, 5.41) is 7.33. The Morgan fingerprint density at radius 2 is 0.850 bits per heavy atom. The molecule has 0 N–H and O–H groups in total. The topological polar surface area (TPSA) is 23.0 Å². The molecule has 9 aromatic rings. The molecule has 0 saturated heterocycles. The molecule has 0 bridgehead atoms. The summed E-state index contributed by atoms with van der Waals surface area (Å²) in [6.07, 6.45) is 0. The SMILES string of the molecule is Cc1ccc2oc3ccc(-n4c5ccccc5c5cc(-n6c7ccccc7c7ccccc76)ccc54)cc3c2c1. The zero-order valence-corrected chi connectivity index (χ0v) is 21.9. The number of hydrogen-bond acceptors (Lipinski definition) is 1. The highest BCUT2D eigenvalue weighted by molar-refractivity contribution is 6.13. The van der Waals surface area contributed by atoms with Crippen molar-refractivity contribution in [2.75, 3.05) is 0 Å². The van der Waals surface area contributed by atoms with Crippen molar-refractivity contribution >= 4 is 65.6 Å². The van der Waals surface area contributed by atoms with Gasteiger partial charge in [0.05, 0.1) is 22.1 Å². The van der Waals surface area contributed by atoms with Gasteiger partial charge in [0.2, 0.25) is 0 Å². The van der Waals surface area contributed by atoms with Crippen LogP contribution >= 0.6 is 0 Å². The van der Waals surface area contributed by atoms with Gasteiger partial charge in [-0.2, -0.15) is 0 Å². The van der Waals surface area contributed by atoms with Crippen molar-refractivity contribution in [3.8, 4) is 11.4 Å². The number of nitrogens with zero attached hydrogens (tertiary/aromatic N) is 2. The van der Waals surface area contributed by atoms with E-state index < -0.39 is 0 Å². The number of aromatic nitrogens is 2. The lowest BCUT2D eigenvalue weighted by Crippen LogP contribution is -1.95. The third kappa shape index (κ3) is 2.89. The lowest BCUT2D eigenvalue weighted by Gasteiger charge is -2.10. The minimum Gasteiger partial charge on any atom is -0.456 e. The predicted molar refractivity (Wildman–Crippen MR) is 167 cm³/mol. The number of rotatable bonds is 2. The number of fused-ring (bicyclic) bond motifs is 9. The van der Waals surface area contributed by atoms with Crippen LogP contribution in [-0.2, 0) is 0 Å². The second kappa shape index (κ2) is 7.87. The van der Waals surface area contributed by atoms with Crippen molar-refractivity contribution in [1.82, 2.24) is 9.13 Å². The van der Waals surface area contributed by atoms with Gasteiger partial charge in [-0.1, -0.05) is 66.2 Å². The van der Waals surface area contributed by atoms with Gasteiger partial charge in [-0.05, 0) is 73.7 Å². The molecule has 0 radical (unpaired) electrons. The first kappa shape index (κ1) is 21.6. The van der Waals surface area contributed by atoms with E-state index in [1.165, 1.54) is 54.9 Å². The molecule has 0 aliphatic rings. The lowest BCUT2D eigenvalue weighted by molar-refractivity contribution is 0.669. The minimum atomic E-state index is 0.916. The van der Waals surface area contributed by atoms with Crippen LogP contribution in [0.1, 0.15) is 5.56 Å². The van der Waals surface area contributed by atoms with Gasteiger partial charge in [0.1, 0.15) is 11.2 Å². The van der Waals surface area contributed by atoms with Gasteiger partial charge in [0.15, 0.2) is 0 Å². The molecule has 3 aromatic heterocycles. The van der Waals surface area contributed by atoms with E-state index in [9.17, 15) is 0 Å². The largest absolute Gasteiger partial charge is 0.456 e. The highest BCUT2D eigenvalue weighted by Gasteiger charge is 2.17. The summed E-state index contributed by atoms with van der Waals surface area (Å²) in [7, 11) is 0. The second-order valence-electron chi connectivity index (χ2n) is 10.7. The van der Waals surface area contributed by atoms with Crippen LogP contribution in [0.15, 0.2) is 132 Å². The quantitative estimate of drug-likeness (QED) is 0.226. The van der Waals surface area contributed by atoms with Crippen molar-refractivity contribution in [1.29, 1.82) is 0 Å². The number of furan rings is 1. The second-order valence-corrected chi connectivity index (χ2v) is 10.7. The van der Waals surface area contributed by atoms with Crippen LogP contribution in [-0.4, -0.2) is 9.13 Å². The summed E-state index contributed by atoms with van der Waals surface area (Å²) in [5.41, 5.74) is 10.2. The zero-order valence-electron chi connectivity index (χ0n) is 21.9. The summed E-state index contributed by atoms with van der Waals surface area (Å²) in [6, 6.07) is 45.9. The Bertz CT molecular complexity index is 2400. The van der Waals surface area contributed by atoms with Crippen LogP contribution < -0.4 is 0 Å². The maximum Gasteiger partial charge on any atom is 0.135 e. The molecule has 0 atom stereocenters. The normalized spacial score (nSPS) is 12.1. The van der Waals surface area contributed by atoms with Crippen LogP contribution in [0.3, 0.4) is 0 Å². The first-order valence-electron chi connectivity index (χ1n) is 13.7. The van der Waals surface area contributed by atoms with E-state index in [1.807, 2.05) is 0 Å². The number of hydrogen-bond donors (Lipinski definition) is 0. The Labute approximate surface area is 230 Å². The van der Waals surface area contributed by atoms with E-state index in [0.29, 0.717) is 0 Å². The average Bonchev–Trinajstić information content (AvgIpc) is 3.64. The summed E-state index contributed by atoms with van der Waals surface area (Å²) >= 11 is 0. The highest BCUT2D eigenvalue weighted by atomic mass is 16.3. The number of para-hydroxylation sites is 3. The molecule has 3 heteroatoms. The van der Waals surface area contributed by atoms with Crippen LogP contribution in [0, 0.1) is 6.92 Å². The van der Waals surface area contributed by atoms with Gasteiger partial charge < -0.3 is 13.6 Å². The monoisotopic (exact) mass is 512 g/mol. The standard InChI is InChI=1S/C37H24N2O/c1-23-14-18-36-30(20-23)31-22-25(16-19-37(31)40-36)39-34-13-7-4-10-28(34)29-21-24(15-17-35(29)39)38-32-11-5-2-8-26(32)27-9-3-6-12-33(27)38/h2-22H,1H3. The highest BCUT2D eigenvalue weighted by Crippen LogP contribution is 2.38. The Morgan fingerprint density at radius 1 is 0.400 bits per heavy atom.